The molecular formula is C21H24ClN3O5. The third kappa shape index (κ3) is 5.18. The summed E-state index contributed by atoms with van der Waals surface area (Å²) in [6.07, 6.45) is 1.40. The Bertz CT molecular complexity index is 988. The van der Waals surface area contributed by atoms with Gasteiger partial charge in [0, 0.05) is 29.2 Å². The summed E-state index contributed by atoms with van der Waals surface area (Å²) in [5.74, 6) is -1.44. The quantitative estimate of drug-likeness (QED) is 0.767. The van der Waals surface area contributed by atoms with Crippen molar-refractivity contribution in [3.8, 4) is 0 Å². The van der Waals surface area contributed by atoms with Crippen molar-refractivity contribution in [3.05, 3.63) is 41.0 Å². The van der Waals surface area contributed by atoms with E-state index in [4.69, 9.17) is 16.3 Å². The van der Waals surface area contributed by atoms with Crippen LogP contribution in [0.4, 0.5) is 4.79 Å². The van der Waals surface area contributed by atoms with Gasteiger partial charge >= 0.3 is 12.1 Å². The number of amides is 2. The van der Waals surface area contributed by atoms with Crippen molar-refractivity contribution in [2.75, 3.05) is 6.54 Å². The highest BCUT2D eigenvalue weighted by molar-refractivity contribution is 6.31. The van der Waals surface area contributed by atoms with Crippen molar-refractivity contribution < 1.29 is 24.2 Å². The molecular weight excluding hydrogens is 410 g/mol. The first-order valence-electron chi connectivity index (χ1n) is 9.62. The minimum absolute atomic E-state index is 0.0498. The summed E-state index contributed by atoms with van der Waals surface area (Å²) in [4.78, 5) is 42.2. The minimum Gasteiger partial charge on any atom is -0.480 e. The summed E-state index contributed by atoms with van der Waals surface area (Å²) in [6, 6.07) is 5.54. The lowest BCUT2D eigenvalue weighted by atomic mass is 9.98. The van der Waals surface area contributed by atoms with E-state index >= 15 is 0 Å². The van der Waals surface area contributed by atoms with E-state index in [-0.39, 0.29) is 18.9 Å². The molecule has 2 amide bonds. The molecule has 0 aliphatic carbocycles. The second-order valence-corrected chi connectivity index (χ2v) is 8.73. The number of piperidine rings is 1. The monoisotopic (exact) mass is 433 g/mol. The van der Waals surface area contributed by atoms with Gasteiger partial charge in [-0.05, 0) is 51.8 Å². The molecule has 1 saturated heterocycles. The van der Waals surface area contributed by atoms with E-state index in [9.17, 15) is 19.5 Å². The third-order valence-electron chi connectivity index (χ3n) is 4.74. The Morgan fingerprint density at radius 2 is 1.97 bits per heavy atom. The average Bonchev–Trinajstić information content (AvgIpc) is 2.65. The molecule has 1 fully saturated rings. The number of nitrogens with zero attached hydrogens (tertiary/aromatic N) is 2. The number of carbonyl (C=O) groups is 3. The molecule has 1 aliphatic heterocycles. The number of rotatable bonds is 3. The van der Waals surface area contributed by atoms with Gasteiger partial charge in [0.25, 0.3) is 5.91 Å². The second kappa shape index (κ2) is 8.47. The molecule has 2 heterocycles. The Kier molecular flexibility index (Phi) is 6.17. The van der Waals surface area contributed by atoms with Crippen molar-refractivity contribution in [1.82, 2.24) is 15.2 Å². The number of benzene rings is 1. The number of nitrogens with one attached hydrogen (secondary N) is 1. The van der Waals surface area contributed by atoms with Crippen molar-refractivity contribution >= 4 is 40.5 Å². The normalized spacial score (nSPS) is 19.4. The largest absolute Gasteiger partial charge is 0.480 e. The lowest BCUT2D eigenvalue weighted by molar-refractivity contribution is -0.144. The predicted molar refractivity (Wildman–Crippen MR) is 112 cm³/mol. The number of hydrogen-bond acceptors (Lipinski definition) is 5. The maximum absolute atomic E-state index is 12.7. The Balaban J connectivity index is 1.73. The molecule has 3 rings (SSSR count). The molecule has 1 aromatic heterocycles. The molecule has 0 unspecified atom stereocenters. The zero-order valence-corrected chi connectivity index (χ0v) is 17.8. The van der Waals surface area contributed by atoms with Crippen LogP contribution in [0.2, 0.25) is 5.02 Å². The molecule has 0 bridgehead atoms. The number of carbonyl (C=O) groups excluding carboxylic acids is 2. The van der Waals surface area contributed by atoms with Gasteiger partial charge in [-0.1, -0.05) is 17.7 Å². The van der Waals surface area contributed by atoms with E-state index in [0.717, 1.165) is 5.39 Å². The van der Waals surface area contributed by atoms with Crippen LogP contribution in [0.5, 0.6) is 0 Å². The zero-order valence-electron chi connectivity index (χ0n) is 17.0. The van der Waals surface area contributed by atoms with Crippen LogP contribution in [0.15, 0.2) is 30.5 Å². The molecule has 0 spiro atoms. The molecule has 2 atom stereocenters. The number of hydrogen-bond donors (Lipinski definition) is 2. The summed E-state index contributed by atoms with van der Waals surface area (Å²) in [5.41, 5.74) is 0.293. The Morgan fingerprint density at radius 3 is 2.63 bits per heavy atom. The standard InChI is InChI=1S/C21H24ClN3O5/c1-21(2,3)30-20(29)25-11-15(6-7-17(25)19(27)28)24-18(26)13-8-12-4-5-14(22)9-16(12)23-10-13/h4-5,8-10,15,17H,6-7,11H2,1-3H3,(H,24,26)(H,27,28)/t15-,17+/m1/s1. The lowest BCUT2D eigenvalue weighted by Gasteiger charge is -2.38. The predicted octanol–water partition coefficient (Wildman–Crippen LogP) is 3.47. The van der Waals surface area contributed by atoms with Gasteiger partial charge in [0.2, 0.25) is 0 Å². The fraction of sp³-hybridized carbons (Fsp3) is 0.429. The molecule has 2 aromatic rings. The van der Waals surface area contributed by atoms with Crippen LogP contribution in [0.3, 0.4) is 0 Å². The number of aromatic nitrogens is 1. The van der Waals surface area contributed by atoms with Crippen LogP contribution in [0, 0.1) is 0 Å². The van der Waals surface area contributed by atoms with Crippen molar-refractivity contribution in [2.45, 2.75) is 51.3 Å². The van der Waals surface area contributed by atoms with Gasteiger partial charge in [0.05, 0.1) is 11.1 Å². The SMILES string of the molecule is CC(C)(C)OC(=O)N1C[C@H](NC(=O)c2cnc3cc(Cl)ccc3c2)CC[C@H]1C(=O)O. The molecule has 9 heteroatoms. The zero-order chi connectivity index (χ0) is 22.1. The molecule has 2 N–H and O–H groups in total. The van der Waals surface area contributed by atoms with E-state index in [1.807, 2.05) is 0 Å². The van der Waals surface area contributed by atoms with Crippen LogP contribution in [-0.2, 0) is 9.53 Å². The maximum atomic E-state index is 12.7. The van der Waals surface area contributed by atoms with Gasteiger partial charge in [-0.2, -0.15) is 0 Å². The number of halogens is 1. The molecule has 8 nitrogen and oxygen atoms in total. The van der Waals surface area contributed by atoms with Crippen molar-refractivity contribution in [2.24, 2.45) is 0 Å². The fourth-order valence-electron chi connectivity index (χ4n) is 3.36. The van der Waals surface area contributed by atoms with Crippen LogP contribution < -0.4 is 5.32 Å². The minimum atomic E-state index is -1.09. The van der Waals surface area contributed by atoms with Crippen molar-refractivity contribution in [3.63, 3.8) is 0 Å². The van der Waals surface area contributed by atoms with E-state index in [1.165, 1.54) is 11.1 Å². The van der Waals surface area contributed by atoms with E-state index < -0.39 is 29.7 Å². The first-order chi connectivity index (χ1) is 14.0. The van der Waals surface area contributed by atoms with Crippen molar-refractivity contribution in [1.29, 1.82) is 0 Å². The number of likely N-dealkylation sites (tertiary alicyclic amines) is 1. The fourth-order valence-corrected chi connectivity index (χ4v) is 3.52. The molecule has 1 aliphatic rings. The number of fused-ring (bicyclic) bond motifs is 1. The Morgan fingerprint density at radius 1 is 1.23 bits per heavy atom. The average molecular weight is 434 g/mol. The smallest absolute Gasteiger partial charge is 0.411 e. The highest BCUT2D eigenvalue weighted by Gasteiger charge is 2.38. The number of aliphatic carboxylic acids is 1. The highest BCUT2D eigenvalue weighted by Crippen LogP contribution is 2.22. The van der Waals surface area contributed by atoms with Gasteiger partial charge in [-0.25, -0.2) is 9.59 Å². The maximum Gasteiger partial charge on any atom is 0.411 e. The molecule has 1 aromatic carbocycles. The van der Waals surface area contributed by atoms with Crippen LogP contribution in [0.25, 0.3) is 10.9 Å². The first kappa shape index (κ1) is 21.8. The van der Waals surface area contributed by atoms with Gasteiger partial charge in [0.15, 0.2) is 0 Å². The van der Waals surface area contributed by atoms with Gasteiger partial charge in [-0.3, -0.25) is 14.7 Å². The van der Waals surface area contributed by atoms with E-state index in [0.29, 0.717) is 22.5 Å². The summed E-state index contributed by atoms with van der Waals surface area (Å²) in [5, 5.41) is 13.7. The van der Waals surface area contributed by atoms with E-state index in [2.05, 4.69) is 10.3 Å². The number of carboxylic acid groups (broad SMARTS) is 1. The second-order valence-electron chi connectivity index (χ2n) is 8.30. The van der Waals surface area contributed by atoms with Crippen LogP contribution >= 0.6 is 11.6 Å². The summed E-state index contributed by atoms with van der Waals surface area (Å²) in [6.45, 7) is 5.19. The first-order valence-corrected chi connectivity index (χ1v) is 10.00. The van der Waals surface area contributed by atoms with Gasteiger partial charge < -0.3 is 15.2 Å². The highest BCUT2D eigenvalue weighted by atomic mass is 35.5. The number of ether oxygens (including phenoxy) is 1. The van der Waals surface area contributed by atoms with Crippen LogP contribution in [0.1, 0.15) is 44.0 Å². The summed E-state index contributed by atoms with van der Waals surface area (Å²) >= 11 is 5.96. The Labute approximate surface area is 179 Å². The third-order valence-corrected chi connectivity index (χ3v) is 4.97. The summed E-state index contributed by atoms with van der Waals surface area (Å²) in [7, 11) is 0. The van der Waals surface area contributed by atoms with Gasteiger partial charge in [0.1, 0.15) is 11.6 Å². The Hall–Kier alpha value is -2.87. The number of carboxylic acids is 1. The topological polar surface area (TPSA) is 109 Å². The summed E-state index contributed by atoms with van der Waals surface area (Å²) < 4.78 is 5.34. The molecule has 0 saturated carbocycles. The molecule has 30 heavy (non-hydrogen) atoms. The van der Waals surface area contributed by atoms with Gasteiger partial charge in [-0.15, -0.1) is 0 Å². The molecule has 160 valence electrons. The molecule has 0 radical (unpaired) electrons. The van der Waals surface area contributed by atoms with Crippen LogP contribution in [-0.4, -0.2) is 57.2 Å². The van der Waals surface area contributed by atoms with E-state index in [1.54, 1.807) is 45.0 Å². The number of pyridine rings is 1. The lowest BCUT2D eigenvalue weighted by Crippen LogP contribution is -2.57.